The van der Waals surface area contributed by atoms with Crippen molar-refractivity contribution in [1.29, 1.82) is 0 Å². The summed E-state index contributed by atoms with van der Waals surface area (Å²) in [6.45, 7) is 2.89. The van der Waals surface area contributed by atoms with E-state index in [4.69, 9.17) is 11.6 Å². The lowest BCUT2D eigenvalue weighted by Gasteiger charge is -1.95. The summed E-state index contributed by atoms with van der Waals surface area (Å²) >= 11 is 7.27. The molecule has 2 aromatic heterocycles. The smallest absolute Gasteiger partial charge is 0.207 e. The third kappa shape index (κ3) is 2.18. The van der Waals surface area contributed by atoms with Crippen molar-refractivity contribution in [2.45, 2.75) is 19.9 Å². The third-order valence-electron chi connectivity index (χ3n) is 2.17. The summed E-state index contributed by atoms with van der Waals surface area (Å²) in [5.74, 6) is -0.0534. The number of ketones is 1. The molecule has 84 valence electrons. The van der Waals surface area contributed by atoms with E-state index in [-0.39, 0.29) is 5.78 Å². The number of carbonyl (C=O) groups is 1. The van der Waals surface area contributed by atoms with Gasteiger partial charge in [0, 0.05) is 12.7 Å². The first kappa shape index (κ1) is 11.4. The van der Waals surface area contributed by atoms with Crippen LogP contribution in [0.2, 0.25) is 5.02 Å². The lowest BCUT2D eigenvalue weighted by molar-refractivity contribution is 0.104. The number of hydrogen-bond acceptors (Lipinski definition) is 3. The average molecular weight is 255 g/mol. The molecule has 0 aromatic carbocycles. The van der Waals surface area contributed by atoms with Crippen LogP contribution in [0.15, 0.2) is 23.8 Å². The van der Waals surface area contributed by atoms with Gasteiger partial charge in [-0.2, -0.15) is 5.10 Å². The summed E-state index contributed by atoms with van der Waals surface area (Å²) in [6, 6.07) is 1.73. The summed E-state index contributed by atoms with van der Waals surface area (Å²) in [5, 5.41) is 6.45. The molecule has 0 saturated carbocycles. The number of hydrogen-bond donors (Lipinski definition) is 0. The Kier molecular flexibility index (Phi) is 3.41. The van der Waals surface area contributed by atoms with Crippen LogP contribution in [0.1, 0.15) is 28.6 Å². The van der Waals surface area contributed by atoms with Crippen molar-refractivity contribution in [3.63, 3.8) is 0 Å². The summed E-state index contributed by atoms with van der Waals surface area (Å²) in [6.07, 6.45) is 4.35. The molecule has 0 bridgehead atoms. The zero-order valence-corrected chi connectivity index (χ0v) is 10.4. The highest BCUT2D eigenvalue weighted by molar-refractivity contribution is 7.13. The molecule has 0 radical (unpaired) electrons. The monoisotopic (exact) mass is 254 g/mol. The van der Waals surface area contributed by atoms with Crippen LogP contribution in [-0.4, -0.2) is 15.6 Å². The molecule has 16 heavy (non-hydrogen) atoms. The highest BCUT2D eigenvalue weighted by atomic mass is 35.5. The van der Waals surface area contributed by atoms with Crippen molar-refractivity contribution >= 4 is 28.7 Å². The minimum absolute atomic E-state index is 0.0534. The fourth-order valence-corrected chi connectivity index (χ4v) is 2.52. The Morgan fingerprint density at radius 1 is 1.62 bits per heavy atom. The minimum Gasteiger partial charge on any atom is -0.288 e. The van der Waals surface area contributed by atoms with Gasteiger partial charge in [-0.1, -0.05) is 18.5 Å². The molecule has 0 aliphatic rings. The number of aryl methyl sites for hydroxylation is 1. The first-order valence-corrected chi connectivity index (χ1v) is 6.28. The Labute approximate surface area is 103 Å². The zero-order chi connectivity index (χ0) is 11.5. The van der Waals surface area contributed by atoms with Crippen LogP contribution in [-0.2, 0) is 6.54 Å². The van der Waals surface area contributed by atoms with Crippen molar-refractivity contribution in [3.05, 3.63) is 39.3 Å². The average Bonchev–Trinajstić information content (AvgIpc) is 2.87. The highest BCUT2D eigenvalue weighted by Gasteiger charge is 2.15. The van der Waals surface area contributed by atoms with E-state index in [9.17, 15) is 4.79 Å². The van der Waals surface area contributed by atoms with E-state index in [0.717, 1.165) is 13.0 Å². The van der Waals surface area contributed by atoms with E-state index >= 15 is 0 Å². The molecule has 2 rings (SSSR count). The quantitative estimate of drug-likeness (QED) is 0.785. The van der Waals surface area contributed by atoms with Crippen LogP contribution in [0.4, 0.5) is 0 Å². The maximum absolute atomic E-state index is 12.0. The Morgan fingerprint density at radius 2 is 2.44 bits per heavy atom. The van der Waals surface area contributed by atoms with Gasteiger partial charge in [-0.25, -0.2) is 0 Å². The first-order valence-electron chi connectivity index (χ1n) is 5.02. The molecule has 0 unspecified atom stereocenters. The van der Waals surface area contributed by atoms with Crippen LogP contribution >= 0.6 is 22.9 Å². The number of nitrogens with zero attached hydrogens (tertiary/aromatic N) is 2. The molecule has 3 nitrogen and oxygen atoms in total. The Bertz CT molecular complexity index is 504. The van der Waals surface area contributed by atoms with E-state index < -0.39 is 0 Å². The van der Waals surface area contributed by atoms with E-state index in [1.165, 1.54) is 11.3 Å². The van der Waals surface area contributed by atoms with Crippen LogP contribution in [0.25, 0.3) is 0 Å². The molecule has 0 aliphatic heterocycles. The number of halogens is 1. The van der Waals surface area contributed by atoms with E-state index in [1.54, 1.807) is 23.1 Å². The van der Waals surface area contributed by atoms with Gasteiger partial charge in [0.25, 0.3) is 0 Å². The predicted octanol–water partition coefficient (Wildman–Crippen LogP) is 3.24. The topological polar surface area (TPSA) is 34.9 Å². The van der Waals surface area contributed by atoms with Gasteiger partial charge >= 0.3 is 0 Å². The highest BCUT2D eigenvalue weighted by Crippen LogP contribution is 2.24. The van der Waals surface area contributed by atoms with Crippen LogP contribution in [0.5, 0.6) is 0 Å². The van der Waals surface area contributed by atoms with Crippen molar-refractivity contribution in [3.8, 4) is 0 Å². The molecule has 0 atom stereocenters. The zero-order valence-electron chi connectivity index (χ0n) is 8.81. The van der Waals surface area contributed by atoms with Crippen molar-refractivity contribution in [2.75, 3.05) is 0 Å². The van der Waals surface area contributed by atoms with Gasteiger partial charge in [-0.15, -0.1) is 11.3 Å². The second-order valence-corrected chi connectivity index (χ2v) is 4.74. The summed E-state index contributed by atoms with van der Waals surface area (Å²) in [7, 11) is 0. The second kappa shape index (κ2) is 4.80. The van der Waals surface area contributed by atoms with Crippen molar-refractivity contribution in [1.82, 2.24) is 9.78 Å². The Balaban J connectivity index is 2.24. The summed E-state index contributed by atoms with van der Waals surface area (Å²) in [5.41, 5.74) is 0.595. The fourth-order valence-electron chi connectivity index (χ4n) is 1.42. The van der Waals surface area contributed by atoms with E-state index in [0.29, 0.717) is 15.5 Å². The van der Waals surface area contributed by atoms with Crippen LogP contribution < -0.4 is 0 Å². The van der Waals surface area contributed by atoms with Gasteiger partial charge in [-0.05, 0) is 17.9 Å². The van der Waals surface area contributed by atoms with Gasteiger partial charge in [0.05, 0.1) is 21.7 Å². The Hall–Kier alpha value is -1.13. The van der Waals surface area contributed by atoms with E-state index in [2.05, 4.69) is 12.0 Å². The maximum Gasteiger partial charge on any atom is 0.207 e. The molecular formula is C11H11ClN2OS. The standard InChI is InChI=1S/C11H11ClN2OS/c1-2-4-14-7-8(6-13-14)10(15)11-9(12)3-5-16-11/h3,5-7H,2,4H2,1H3. The molecular weight excluding hydrogens is 244 g/mol. The number of thiophene rings is 1. The van der Waals surface area contributed by atoms with Crippen molar-refractivity contribution < 1.29 is 4.79 Å². The molecule has 2 heterocycles. The van der Waals surface area contributed by atoms with Crippen LogP contribution in [0.3, 0.4) is 0 Å². The van der Waals surface area contributed by atoms with Crippen molar-refractivity contribution in [2.24, 2.45) is 0 Å². The summed E-state index contributed by atoms with van der Waals surface area (Å²) in [4.78, 5) is 12.6. The summed E-state index contributed by atoms with van der Waals surface area (Å²) < 4.78 is 1.77. The first-order chi connectivity index (χ1) is 7.72. The molecule has 5 heteroatoms. The molecule has 0 aliphatic carbocycles. The number of carbonyl (C=O) groups excluding carboxylic acids is 1. The van der Waals surface area contributed by atoms with Gasteiger partial charge in [0.15, 0.2) is 0 Å². The number of aromatic nitrogens is 2. The molecule has 0 amide bonds. The third-order valence-corrected chi connectivity index (χ3v) is 3.51. The molecule has 0 spiro atoms. The normalized spacial score (nSPS) is 10.6. The van der Waals surface area contributed by atoms with E-state index in [1.807, 2.05) is 5.38 Å². The largest absolute Gasteiger partial charge is 0.288 e. The lowest BCUT2D eigenvalue weighted by atomic mass is 10.2. The molecule has 2 aromatic rings. The molecule has 0 fully saturated rings. The number of rotatable bonds is 4. The van der Waals surface area contributed by atoms with Crippen LogP contribution in [0, 0.1) is 0 Å². The van der Waals surface area contributed by atoms with Gasteiger partial charge in [0.2, 0.25) is 5.78 Å². The van der Waals surface area contributed by atoms with Gasteiger partial charge < -0.3 is 0 Å². The van der Waals surface area contributed by atoms with Gasteiger partial charge in [-0.3, -0.25) is 9.48 Å². The molecule has 0 N–H and O–H groups in total. The van der Waals surface area contributed by atoms with Gasteiger partial charge in [0.1, 0.15) is 0 Å². The molecule has 0 saturated heterocycles. The fraction of sp³-hybridized carbons (Fsp3) is 0.273. The maximum atomic E-state index is 12.0. The predicted molar refractivity (Wildman–Crippen MR) is 65.3 cm³/mol. The SMILES string of the molecule is CCCn1cc(C(=O)c2sccc2Cl)cn1. The minimum atomic E-state index is -0.0534. The Morgan fingerprint density at radius 3 is 3.06 bits per heavy atom. The lowest BCUT2D eigenvalue weighted by Crippen LogP contribution is -1.99. The second-order valence-electron chi connectivity index (χ2n) is 3.42.